The van der Waals surface area contributed by atoms with Crippen molar-refractivity contribution in [2.45, 2.75) is 65.3 Å². The molecule has 0 N–H and O–H groups in total. The summed E-state index contributed by atoms with van der Waals surface area (Å²) in [6.45, 7) is 6.55. The van der Waals surface area contributed by atoms with Crippen LogP contribution in [0.5, 0.6) is 0 Å². The highest BCUT2D eigenvalue weighted by molar-refractivity contribution is 5.48. The molecule has 0 saturated heterocycles. The van der Waals surface area contributed by atoms with Gasteiger partial charge in [0.2, 0.25) is 0 Å². The molecule has 1 aliphatic rings. The van der Waals surface area contributed by atoms with E-state index >= 15 is 0 Å². The minimum absolute atomic E-state index is 0.680. The number of rotatable bonds is 5. The van der Waals surface area contributed by atoms with E-state index in [-0.39, 0.29) is 0 Å². The molecule has 2 nitrogen and oxygen atoms in total. The molecule has 0 bridgehead atoms. The van der Waals surface area contributed by atoms with Gasteiger partial charge in [-0.3, -0.25) is 0 Å². The summed E-state index contributed by atoms with van der Waals surface area (Å²) in [6.07, 6.45) is 16.3. The first kappa shape index (κ1) is 14.1. The first-order valence-corrected chi connectivity index (χ1v) is 7.49. The van der Waals surface area contributed by atoms with Crippen LogP contribution in [0.2, 0.25) is 0 Å². The SMILES string of the molecule is CC(C)=CCC/C(C)=C/c1cncn1C1CCCC1. The Kier molecular flexibility index (Phi) is 5.00. The van der Waals surface area contributed by atoms with Crippen molar-refractivity contribution in [1.29, 1.82) is 0 Å². The largest absolute Gasteiger partial charge is 0.328 e. The Bertz CT molecular complexity index is 455. The molecule has 0 aromatic carbocycles. The molecule has 1 aromatic rings. The summed E-state index contributed by atoms with van der Waals surface area (Å²) < 4.78 is 2.37. The third-order valence-corrected chi connectivity index (χ3v) is 3.90. The summed E-state index contributed by atoms with van der Waals surface area (Å²) in [4.78, 5) is 4.33. The van der Waals surface area contributed by atoms with Gasteiger partial charge in [-0.2, -0.15) is 0 Å². The van der Waals surface area contributed by atoms with Crippen LogP contribution >= 0.6 is 0 Å². The van der Waals surface area contributed by atoms with Gasteiger partial charge in [0, 0.05) is 6.04 Å². The van der Waals surface area contributed by atoms with Gasteiger partial charge in [0.25, 0.3) is 0 Å². The molecule has 2 heteroatoms. The van der Waals surface area contributed by atoms with E-state index in [0.717, 1.165) is 12.8 Å². The summed E-state index contributed by atoms with van der Waals surface area (Å²) >= 11 is 0. The summed E-state index contributed by atoms with van der Waals surface area (Å²) in [6, 6.07) is 0.680. The van der Waals surface area contributed by atoms with Crippen LogP contribution in [0.1, 0.15) is 71.0 Å². The maximum absolute atomic E-state index is 4.33. The first-order valence-electron chi connectivity index (χ1n) is 7.49. The zero-order valence-corrected chi connectivity index (χ0v) is 12.5. The Labute approximate surface area is 117 Å². The Morgan fingerprint density at radius 2 is 2.05 bits per heavy atom. The highest BCUT2D eigenvalue weighted by Crippen LogP contribution is 2.30. The molecule has 0 spiro atoms. The zero-order valence-electron chi connectivity index (χ0n) is 12.5. The van der Waals surface area contributed by atoms with E-state index in [2.05, 4.69) is 42.5 Å². The van der Waals surface area contributed by atoms with Crippen molar-refractivity contribution in [3.63, 3.8) is 0 Å². The van der Waals surface area contributed by atoms with Crippen molar-refractivity contribution in [3.05, 3.63) is 35.4 Å². The molecule has 104 valence electrons. The van der Waals surface area contributed by atoms with Crippen LogP contribution in [0.25, 0.3) is 6.08 Å². The lowest BCUT2D eigenvalue weighted by Crippen LogP contribution is -2.04. The lowest BCUT2D eigenvalue weighted by atomic mass is 10.1. The average molecular weight is 258 g/mol. The number of hydrogen-bond donors (Lipinski definition) is 0. The Morgan fingerprint density at radius 1 is 1.32 bits per heavy atom. The van der Waals surface area contributed by atoms with Crippen LogP contribution in [-0.2, 0) is 0 Å². The number of imidazole rings is 1. The monoisotopic (exact) mass is 258 g/mol. The van der Waals surface area contributed by atoms with Gasteiger partial charge in [0.1, 0.15) is 0 Å². The van der Waals surface area contributed by atoms with Crippen molar-refractivity contribution < 1.29 is 0 Å². The zero-order chi connectivity index (χ0) is 13.7. The van der Waals surface area contributed by atoms with Crippen molar-refractivity contribution in [1.82, 2.24) is 9.55 Å². The van der Waals surface area contributed by atoms with Gasteiger partial charge >= 0.3 is 0 Å². The highest BCUT2D eigenvalue weighted by atomic mass is 15.1. The summed E-state index contributed by atoms with van der Waals surface area (Å²) in [5.74, 6) is 0. The standard InChI is InChI=1S/C17H26N2/c1-14(2)7-6-8-15(3)11-17-12-18-13-19(17)16-9-4-5-10-16/h7,11-13,16H,4-6,8-10H2,1-3H3/b15-11+. The molecule has 19 heavy (non-hydrogen) atoms. The fraction of sp³-hybridized carbons (Fsp3) is 0.588. The van der Waals surface area contributed by atoms with E-state index in [1.807, 2.05) is 12.5 Å². The second kappa shape index (κ2) is 6.74. The second-order valence-electron chi connectivity index (χ2n) is 5.97. The number of allylic oxidation sites excluding steroid dienone is 3. The molecule has 2 rings (SSSR count). The van der Waals surface area contributed by atoms with E-state index in [0.29, 0.717) is 6.04 Å². The average Bonchev–Trinajstić information content (AvgIpc) is 2.97. The molecule has 1 fully saturated rings. The maximum atomic E-state index is 4.33. The quantitative estimate of drug-likeness (QED) is 0.668. The van der Waals surface area contributed by atoms with Gasteiger partial charge in [0.05, 0.1) is 18.2 Å². The fourth-order valence-electron chi connectivity index (χ4n) is 2.83. The first-order chi connectivity index (χ1) is 9.16. The smallest absolute Gasteiger partial charge is 0.0953 e. The topological polar surface area (TPSA) is 17.8 Å². The molecule has 0 atom stereocenters. The summed E-state index contributed by atoms with van der Waals surface area (Å²) in [5, 5.41) is 0. The summed E-state index contributed by atoms with van der Waals surface area (Å²) in [7, 11) is 0. The van der Waals surface area contributed by atoms with Gasteiger partial charge in [-0.1, -0.05) is 30.1 Å². The molecule has 0 radical (unpaired) electrons. The highest BCUT2D eigenvalue weighted by Gasteiger charge is 2.18. The predicted octanol–water partition coefficient (Wildman–Crippen LogP) is 5.15. The molecular formula is C17H26N2. The third-order valence-electron chi connectivity index (χ3n) is 3.90. The Hall–Kier alpha value is -1.31. The van der Waals surface area contributed by atoms with E-state index in [4.69, 9.17) is 0 Å². The minimum Gasteiger partial charge on any atom is -0.328 e. The van der Waals surface area contributed by atoms with Crippen molar-refractivity contribution in [2.75, 3.05) is 0 Å². The normalized spacial score (nSPS) is 16.9. The van der Waals surface area contributed by atoms with Crippen LogP contribution in [0, 0.1) is 0 Å². The Balaban J connectivity index is 2.01. The molecular weight excluding hydrogens is 232 g/mol. The van der Waals surface area contributed by atoms with Crippen LogP contribution < -0.4 is 0 Å². The van der Waals surface area contributed by atoms with Gasteiger partial charge in [-0.05, 0) is 52.5 Å². The van der Waals surface area contributed by atoms with Crippen LogP contribution in [0.4, 0.5) is 0 Å². The van der Waals surface area contributed by atoms with E-state index in [1.165, 1.54) is 42.5 Å². The van der Waals surface area contributed by atoms with E-state index in [9.17, 15) is 0 Å². The summed E-state index contributed by atoms with van der Waals surface area (Å²) in [5.41, 5.74) is 4.13. The molecule has 0 aliphatic heterocycles. The van der Waals surface area contributed by atoms with E-state index in [1.54, 1.807) is 0 Å². The lowest BCUT2D eigenvalue weighted by molar-refractivity contribution is 0.515. The Morgan fingerprint density at radius 3 is 2.74 bits per heavy atom. The molecule has 1 aromatic heterocycles. The van der Waals surface area contributed by atoms with Crippen LogP contribution in [-0.4, -0.2) is 9.55 Å². The minimum atomic E-state index is 0.680. The fourth-order valence-corrected chi connectivity index (χ4v) is 2.83. The van der Waals surface area contributed by atoms with Crippen molar-refractivity contribution in [3.8, 4) is 0 Å². The van der Waals surface area contributed by atoms with Gasteiger partial charge in [-0.15, -0.1) is 0 Å². The number of hydrogen-bond acceptors (Lipinski definition) is 1. The van der Waals surface area contributed by atoms with Gasteiger partial charge in [-0.25, -0.2) is 4.98 Å². The number of aromatic nitrogens is 2. The van der Waals surface area contributed by atoms with Crippen LogP contribution in [0.15, 0.2) is 29.7 Å². The molecule has 0 unspecified atom stereocenters. The maximum Gasteiger partial charge on any atom is 0.0953 e. The molecule has 1 aliphatic carbocycles. The molecule has 1 heterocycles. The van der Waals surface area contributed by atoms with Crippen molar-refractivity contribution in [2.24, 2.45) is 0 Å². The molecule has 0 amide bonds. The second-order valence-corrected chi connectivity index (χ2v) is 5.97. The molecule has 1 saturated carbocycles. The predicted molar refractivity (Wildman–Crippen MR) is 82.0 cm³/mol. The van der Waals surface area contributed by atoms with E-state index < -0.39 is 0 Å². The third kappa shape index (κ3) is 4.09. The van der Waals surface area contributed by atoms with Crippen LogP contribution in [0.3, 0.4) is 0 Å². The van der Waals surface area contributed by atoms with Crippen molar-refractivity contribution >= 4 is 6.08 Å². The number of nitrogens with zero attached hydrogens (tertiary/aromatic N) is 2. The van der Waals surface area contributed by atoms with Gasteiger partial charge in [0.15, 0.2) is 0 Å². The van der Waals surface area contributed by atoms with Gasteiger partial charge < -0.3 is 4.57 Å². The lowest BCUT2D eigenvalue weighted by Gasteiger charge is -2.13.